The van der Waals surface area contributed by atoms with Crippen LogP contribution in [0.4, 0.5) is 28.4 Å². The van der Waals surface area contributed by atoms with Gasteiger partial charge in [0.2, 0.25) is 0 Å². The van der Waals surface area contributed by atoms with E-state index in [1.807, 2.05) is 54.6 Å². The van der Waals surface area contributed by atoms with Crippen LogP contribution in [0, 0.1) is 0 Å². The van der Waals surface area contributed by atoms with E-state index in [1.54, 1.807) is 0 Å². The first kappa shape index (κ1) is 36.9. The van der Waals surface area contributed by atoms with E-state index in [1.165, 1.54) is 16.6 Å². The summed E-state index contributed by atoms with van der Waals surface area (Å²) in [6.07, 6.45) is 0. The highest BCUT2D eigenvalue weighted by Gasteiger charge is 2.33. The van der Waals surface area contributed by atoms with Gasteiger partial charge in [-0.3, -0.25) is 0 Å². The van der Waals surface area contributed by atoms with Crippen LogP contribution >= 0.6 is 0 Å². The first-order valence-electron chi connectivity index (χ1n) is 21.8. The van der Waals surface area contributed by atoms with Crippen LogP contribution < -0.4 is 40.1 Å². The lowest BCUT2D eigenvalue weighted by atomic mass is 9.57. The number of para-hydroxylation sites is 4. The molecule has 0 spiro atoms. The number of fused-ring (bicyclic) bond motifs is 7. The van der Waals surface area contributed by atoms with Crippen LogP contribution in [0.2, 0.25) is 0 Å². The maximum Gasteiger partial charge on any atom is 0.198 e. The summed E-state index contributed by atoms with van der Waals surface area (Å²) in [7, 11) is 0.639. The molecule has 0 aliphatic carbocycles. The molecule has 0 unspecified atom stereocenters. The number of anilines is 5. The van der Waals surface area contributed by atoms with Crippen molar-refractivity contribution in [2.75, 3.05) is 10.2 Å². The van der Waals surface area contributed by atoms with Crippen molar-refractivity contribution in [3.05, 3.63) is 212 Å². The molecule has 13 rings (SSSR count). The Morgan fingerprint density at radius 3 is 1.62 bits per heavy atom. The number of rotatable bonds is 6. The molecule has 0 saturated carbocycles. The maximum absolute atomic E-state index is 6.57. The molecule has 306 valence electrons. The number of hydrogen-bond donors (Lipinski definition) is 1. The molecule has 0 radical (unpaired) electrons. The van der Waals surface area contributed by atoms with Crippen LogP contribution in [0.1, 0.15) is 0 Å². The Kier molecular flexibility index (Phi) is 8.52. The average Bonchev–Trinajstić information content (AvgIpc) is 3.36. The van der Waals surface area contributed by atoms with E-state index in [9.17, 15) is 0 Å². The SMILES string of the molecule is B1c2cc3c(cc2N(c2ccc4c(c2)Oc2ccccc2O4)c2cc(-c4ccccc4)cc(-c4ccc5ccccc5c4Nc4ccc(-c5ccccc5)cc4)c21)Oc1ccccc1O3. The first-order chi connectivity index (χ1) is 32.2. The van der Waals surface area contributed by atoms with Gasteiger partial charge in [-0.05, 0) is 105 Å². The fraction of sp³-hybridized carbons (Fsp3) is 0. The summed E-state index contributed by atoms with van der Waals surface area (Å²) in [6.45, 7) is 0. The second-order valence-corrected chi connectivity index (χ2v) is 16.5. The van der Waals surface area contributed by atoms with E-state index < -0.39 is 0 Å². The molecule has 3 aliphatic rings. The predicted octanol–water partition coefficient (Wildman–Crippen LogP) is 14.6. The van der Waals surface area contributed by atoms with E-state index in [0.29, 0.717) is 53.3 Å². The van der Waals surface area contributed by atoms with Crippen LogP contribution in [0.3, 0.4) is 0 Å². The minimum absolute atomic E-state index is 0.639. The molecule has 10 aromatic carbocycles. The molecule has 3 heterocycles. The van der Waals surface area contributed by atoms with Crippen LogP contribution in [0.15, 0.2) is 212 Å². The summed E-state index contributed by atoms with van der Waals surface area (Å²) < 4.78 is 26.0. The molecule has 0 aromatic heterocycles. The van der Waals surface area contributed by atoms with Gasteiger partial charge in [0.15, 0.2) is 53.3 Å². The molecule has 0 saturated heterocycles. The monoisotopic (exact) mass is 836 g/mol. The van der Waals surface area contributed by atoms with Gasteiger partial charge in [0, 0.05) is 40.1 Å². The fourth-order valence-corrected chi connectivity index (χ4v) is 9.44. The number of nitrogens with one attached hydrogen (secondary N) is 1. The van der Waals surface area contributed by atoms with Gasteiger partial charge in [-0.2, -0.15) is 0 Å². The minimum Gasteiger partial charge on any atom is -0.450 e. The van der Waals surface area contributed by atoms with E-state index in [4.69, 9.17) is 18.9 Å². The van der Waals surface area contributed by atoms with Crippen molar-refractivity contribution in [1.29, 1.82) is 0 Å². The number of ether oxygens (including phenoxy) is 4. The molecular formula is C58H37BN2O4. The third-order valence-corrected chi connectivity index (χ3v) is 12.6. The van der Waals surface area contributed by atoms with Crippen molar-refractivity contribution < 1.29 is 18.9 Å². The largest absolute Gasteiger partial charge is 0.450 e. The zero-order valence-corrected chi connectivity index (χ0v) is 35.0. The summed E-state index contributed by atoms with van der Waals surface area (Å²) in [4.78, 5) is 2.34. The summed E-state index contributed by atoms with van der Waals surface area (Å²) >= 11 is 0. The molecule has 10 aromatic rings. The Balaban J connectivity index is 1.03. The van der Waals surface area contributed by atoms with Gasteiger partial charge in [0.05, 0.1) is 11.4 Å². The molecule has 7 heteroatoms. The Labute approximate surface area is 376 Å². The number of hydrogen-bond acceptors (Lipinski definition) is 6. The van der Waals surface area contributed by atoms with Crippen molar-refractivity contribution in [3.8, 4) is 79.4 Å². The molecule has 0 amide bonds. The van der Waals surface area contributed by atoms with Crippen molar-refractivity contribution in [2.45, 2.75) is 0 Å². The summed E-state index contributed by atoms with van der Waals surface area (Å²) in [5.41, 5.74) is 14.0. The van der Waals surface area contributed by atoms with Crippen molar-refractivity contribution >= 4 is 57.4 Å². The van der Waals surface area contributed by atoms with E-state index in [0.717, 1.165) is 66.9 Å². The van der Waals surface area contributed by atoms with Gasteiger partial charge in [-0.1, -0.05) is 139 Å². The van der Waals surface area contributed by atoms with E-state index in [-0.39, 0.29) is 0 Å². The quantitative estimate of drug-likeness (QED) is 0.168. The zero-order valence-electron chi connectivity index (χ0n) is 35.0. The van der Waals surface area contributed by atoms with Crippen LogP contribution in [0.25, 0.3) is 44.2 Å². The Hall–Kier alpha value is -8.68. The van der Waals surface area contributed by atoms with Gasteiger partial charge in [0.25, 0.3) is 0 Å². The average molecular weight is 837 g/mol. The number of nitrogens with zero attached hydrogens (tertiary/aromatic N) is 1. The van der Waals surface area contributed by atoms with Gasteiger partial charge >= 0.3 is 0 Å². The lowest BCUT2D eigenvalue weighted by Crippen LogP contribution is -2.41. The first-order valence-corrected chi connectivity index (χ1v) is 21.8. The standard InChI is InChI=1S/C58H37BN2O4/c1-3-13-36(14-4-1)38-23-26-41(27-24-38)60-58-43-18-8-7-17-39(43)25-29-44(58)45-31-40(37-15-5-2-6-16-37)32-48-57(45)59-46-34-55-56(65-52-22-12-11-21-51(52)64-55)35-47(46)61(48)42-28-30-53-54(33-42)63-50-20-10-9-19-49(50)62-53/h1-35,59-60H. The maximum atomic E-state index is 6.57. The van der Waals surface area contributed by atoms with Crippen molar-refractivity contribution in [1.82, 2.24) is 0 Å². The second kappa shape index (κ2) is 15.0. The van der Waals surface area contributed by atoms with Crippen molar-refractivity contribution in [2.24, 2.45) is 0 Å². The molecule has 3 aliphatic heterocycles. The second-order valence-electron chi connectivity index (χ2n) is 16.5. The van der Waals surface area contributed by atoms with Gasteiger partial charge in [-0.25, -0.2) is 0 Å². The predicted molar refractivity (Wildman–Crippen MR) is 264 cm³/mol. The van der Waals surface area contributed by atoms with Crippen LogP contribution in [0.5, 0.6) is 46.0 Å². The fourth-order valence-electron chi connectivity index (χ4n) is 9.44. The van der Waals surface area contributed by atoms with E-state index in [2.05, 4.69) is 168 Å². The highest BCUT2D eigenvalue weighted by atomic mass is 16.6. The Morgan fingerprint density at radius 2 is 0.923 bits per heavy atom. The molecule has 65 heavy (non-hydrogen) atoms. The van der Waals surface area contributed by atoms with E-state index >= 15 is 0 Å². The Morgan fingerprint density at radius 1 is 0.369 bits per heavy atom. The highest BCUT2D eigenvalue weighted by molar-refractivity contribution is 6.73. The number of benzene rings is 10. The smallest absolute Gasteiger partial charge is 0.198 e. The Bertz CT molecular complexity index is 3500. The molecular weight excluding hydrogens is 799 g/mol. The summed E-state index contributed by atoms with van der Waals surface area (Å²) in [6, 6.07) is 73.7. The van der Waals surface area contributed by atoms with Gasteiger partial charge in [0.1, 0.15) is 0 Å². The minimum atomic E-state index is 0.639. The molecule has 6 nitrogen and oxygen atoms in total. The van der Waals surface area contributed by atoms with Crippen molar-refractivity contribution in [3.63, 3.8) is 0 Å². The van der Waals surface area contributed by atoms with Gasteiger partial charge < -0.3 is 29.2 Å². The third kappa shape index (κ3) is 6.44. The lowest BCUT2D eigenvalue weighted by Gasteiger charge is -2.37. The van der Waals surface area contributed by atoms with Crippen LogP contribution in [-0.2, 0) is 0 Å². The van der Waals surface area contributed by atoms with Crippen LogP contribution in [-0.4, -0.2) is 7.28 Å². The summed E-state index contributed by atoms with van der Waals surface area (Å²) in [5.74, 6) is 5.37. The molecule has 1 N–H and O–H groups in total. The summed E-state index contributed by atoms with van der Waals surface area (Å²) in [5, 5.41) is 6.22. The lowest BCUT2D eigenvalue weighted by molar-refractivity contribution is 0.359. The molecule has 0 atom stereocenters. The molecule has 0 bridgehead atoms. The normalized spacial score (nSPS) is 12.6. The molecule has 0 fully saturated rings. The van der Waals surface area contributed by atoms with Gasteiger partial charge in [-0.15, -0.1) is 0 Å². The third-order valence-electron chi connectivity index (χ3n) is 12.6. The highest BCUT2D eigenvalue weighted by Crippen LogP contribution is 2.52. The topological polar surface area (TPSA) is 52.2 Å². The zero-order chi connectivity index (χ0) is 42.8.